The fourth-order valence-corrected chi connectivity index (χ4v) is 3.25. The minimum Gasteiger partial charge on any atom is -0.490 e. The number of ether oxygens (including phenoxy) is 2. The molecule has 1 atom stereocenters. The molecule has 1 aliphatic rings. The van der Waals surface area contributed by atoms with E-state index in [4.69, 9.17) is 21.1 Å². The van der Waals surface area contributed by atoms with Gasteiger partial charge in [0.1, 0.15) is 23.1 Å². The lowest BCUT2D eigenvalue weighted by Crippen LogP contribution is -2.55. The van der Waals surface area contributed by atoms with Gasteiger partial charge in [-0.3, -0.25) is 14.9 Å². The largest absolute Gasteiger partial charge is 0.490 e. The Morgan fingerprint density at radius 1 is 1.33 bits per heavy atom. The lowest BCUT2D eigenvalue weighted by atomic mass is 10.1. The number of hydrogen-bond acceptors (Lipinski definition) is 7. The molecule has 1 fully saturated rings. The second kappa shape index (κ2) is 10.0. The Balaban J connectivity index is 1.56. The average molecular weight is 477 g/mol. The van der Waals surface area contributed by atoms with E-state index in [2.05, 4.69) is 10.3 Å². The summed E-state index contributed by atoms with van der Waals surface area (Å²) in [6.45, 7) is 6.37. The molecule has 11 heteroatoms. The van der Waals surface area contributed by atoms with Crippen LogP contribution in [0.25, 0.3) is 0 Å². The SMILES string of the molecule is CC(C)(C)OC(=O)N1CC[C@H]1COc1cnc(Cl)c(CNC(=O)c2cccc([N+](=O)[O-])c2)c1. The molecular formula is C22H25ClN4O6. The van der Waals surface area contributed by atoms with E-state index in [1.165, 1.54) is 30.5 Å². The molecule has 0 bridgehead atoms. The van der Waals surface area contributed by atoms with E-state index < -0.39 is 16.4 Å². The highest BCUT2D eigenvalue weighted by Crippen LogP contribution is 2.24. The van der Waals surface area contributed by atoms with E-state index in [0.29, 0.717) is 17.9 Å². The van der Waals surface area contributed by atoms with Crippen molar-refractivity contribution >= 4 is 29.3 Å². The van der Waals surface area contributed by atoms with Gasteiger partial charge in [0.15, 0.2) is 0 Å². The molecule has 3 rings (SSSR count). The Morgan fingerprint density at radius 3 is 2.73 bits per heavy atom. The van der Waals surface area contributed by atoms with Crippen molar-refractivity contribution in [1.82, 2.24) is 15.2 Å². The number of halogens is 1. The third-order valence-electron chi connectivity index (χ3n) is 4.86. The Morgan fingerprint density at radius 2 is 2.09 bits per heavy atom. The van der Waals surface area contributed by atoms with Crippen molar-refractivity contribution in [1.29, 1.82) is 0 Å². The normalized spacial score (nSPS) is 15.4. The Kier molecular flexibility index (Phi) is 7.37. The zero-order chi connectivity index (χ0) is 24.2. The van der Waals surface area contributed by atoms with Crippen molar-refractivity contribution < 1.29 is 24.0 Å². The molecule has 1 saturated heterocycles. The smallest absolute Gasteiger partial charge is 0.410 e. The molecular weight excluding hydrogens is 452 g/mol. The predicted octanol–water partition coefficient (Wildman–Crippen LogP) is 3.96. The van der Waals surface area contributed by atoms with Crippen LogP contribution in [0.5, 0.6) is 5.75 Å². The Bertz CT molecular complexity index is 1060. The number of carbonyl (C=O) groups is 2. The topological polar surface area (TPSA) is 124 Å². The van der Waals surface area contributed by atoms with Crippen LogP contribution in [0.15, 0.2) is 36.5 Å². The van der Waals surface area contributed by atoms with Crippen molar-refractivity contribution in [3.63, 3.8) is 0 Å². The minimum absolute atomic E-state index is 0.0536. The standard InChI is InChI=1S/C22H25ClN4O6/c1-22(2,3)33-21(29)26-8-7-17(26)13-32-18-10-15(19(23)24-12-18)11-25-20(28)14-5-4-6-16(9-14)27(30)31/h4-6,9-10,12,17H,7-8,11,13H2,1-3H3,(H,25,28)/t17-/m0/s1. The van der Waals surface area contributed by atoms with Crippen molar-refractivity contribution in [2.45, 2.75) is 45.4 Å². The van der Waals surface area contributed by atoms with Gasteiger partial charge in [0, 0.05) is 36.3 Å². The van der Waals surface area contributed by atoms with Gasteiger partial charge in [0.05, 0.1) is 17.2 Å². The zero-order valence-corrected chi connectivity index (χ0v) is 19.3. The molecule has 2 aromatic rings. The highest BCUT2D eigenvalue weighted by Gasteiger charge is 2.35. The molecule has 2 amide bonds. The van der Waals surface area contributed by atoms with Crippen LogP contribution in [-0.2, 0) is 11.3 Å². The third kappa shape index (κ3) is 6.55. The fraction of sp³-hybridized carbons (Fsp3) is 0.409. The summed E-state index contributed by atoms with van der Waals surface area (Å²) < 4.78 is 11.2. The molecule has 1 aromatic carbocycles. The lowest BCUT2D eigenvalue weighted by Gasteiger charge is -2.41. The number of nitro benzene ring substituents is 1. The van der Waals surface area contributed by atoms with Gasteiger partial charge in [-0.05, 0) is 39.3 Å². The number of carbonyl (C=O) groups excluding carboxylic acids is 2. The lowest BCUT2D eigenvalue weighted by molar-refractivity contribution is -0.384. The summed E-state index contributed by atoms with van der Waals surface area (Å²) in [5.41, 5.74) is -0.0602. The Labute approximate surface area is 196 Å². The number of hydrogen-bond donors (Lipinski definition) is 1. The number of rotatable bonds is 7. The molecule has 0 radical (unpaired) electrons. The number of pyridine rings is 1. The molecule has 1 N–H and O–H groups in total. The van der Waals surface area contributed by atoms with Crippen LogP contribution in [-0.4, -0.2) is 51.6 Å². The monoisotopic (exact) mass is 476 g/mol. The van der Waals surface area contributed by atoms with Crippen LogP contribution in [0.1, 0.15) is 43.1 Å². The average Bonchev–Trinajstić information content (AvgIpc) is 2.71. The summed E-state index contributed by atoms with van der Waals surface area (Å²) in [7, 11) is 0. The number of nitro groups is 1. The molecule has 1 aliphatic heterocycles. The molecule has 33 heavy (non-hydrogen) atoms. The molecule has 0 saturated carbocycles. The van der Waals surface area contributed by atoms with Gasteiger partial charge >= 0.3 is 6.09 Å². The zero-order valence-electron chi connectivity index (χ0n) is 18.5. The maximum Gasteiger partial charge on any atom is 0.410 e. The van der Waals surface area contributed by atoms with Crippen LogP contribution in [0.4, 0.5) is 10.5 Å². The van der Waals surface area contributed by atoms with Gasteiger partial charge in [-0.1, -0.05) is 17.7 Å². The highest BCUT2D eigenvalue weighted by atomic mass is 35.5. The van der Waals surface area contributed by atoms with Crippen molar-refractivity contribution in [2.75, 3.05) is 13.2 Å². The van der Waals surface area contributed by atoms with E-state index >= 15 is 0 Å². The number of amides is 2. The van der Waals surface area contributed by atoms with Crippen molar-refractivity contribution in [2.24, 2.45) is 0 Å². The van der Waals surface area contributed by atoms with Crippen molar-refractivity contribution in [3.8, 4) is 5.75 Å². The molecule has 0 aliphatic carbocycles. The van der Waals surface area contributed by atoms with E-state index in [1.54, 1.807) is 11.0 Å². The number of nitrogens with one attached hydrogen (secondary N) is 1. The van der Waals surface area contributed by atoms with Gasteiger partial charge in [-0.2, -0.15) is 0 Å². The van der Waals surface area contributed by atoms with Gasteiger partial charge in [-0.15, -0.1) is 0 Å². The van der Waals surface area contributed by atoms with Crippen LogP contribution in [0.3, 0.4) is 0 Å². The van der Waals surface area contributed by atoms with Crippen molar-refractivity contribution in [3.05, 3.63) is 62.9 Å². The van der Waals surface area contributed by atoms with Crippen LogP contribution < -0.4 is 10.1 Å². The van der Waals surface area contributed by atoms with Gasteiger partial charge in [0.25, 0.3) is 11.6 Å². The molecule has 2 heterocycles. The maximum atomic E-state index is 12.4. The first-order chi connectivity index (χ1) is 15.5. The summed E-state index contributed by atoms with van der Waals surface area (Å²) in [4.78, 5) is 40.6. The first-order valence-corrected chi connectivity index (χ1v) is 10.7. The van der Waals surface area contributed by atoms with Crippen LogP contribution in [0.2, 0.25) is 5.15 Å². The van der Waals surface area contributed by atoms with E-state index in [1.807, 2.05) is 20.8 Å². The third-order valence-corrected chi connectivity index (χ3v) is 5.20. The number of likely N-dealkylation sites (tertiary alicyclic amines) is 1. The van der Waals surface area contributed by atoms with Gasteiger partial charge in [-0.25, -0.2) is 9.78 Å². The Hall–Kier alpha value is -3.40. The molecule has 0 unspecified atom stereocenters. The minimum atomic E-state index is -0.567. The van der Waals surface area contributed by atoms with E-state index in [0.717, 1.165) is 6.42 Å². The quantitative estimate of drug-likeness (QED) is 0.364. The molecule has 1 aromatic heterocycles. The van der Waals surface area contributed by atoms with Crippen LogP contribution >= 0.6 is 11.6 Å². The van der Waals surface area contributed by atoms with E-state index in [9.17, 15) is 19.7 Å². The first kappa shape index (κ1) is 24.2. The first-order valence-electron chi connectivity index (χ1n) is 10.3. The van der Waals surface area contributed by atoms with E-state index in [-0.39, 0.29) is 41.7 Å². The second-order valence-corrected chi connectivity index (χ2v) is 8.90. The molecule has 10 nitrogen and oxygen atoms in total. The molecule has 176 valence electrons. The number of aromatic nitrogens is 1. The maximum absolute atomic E-state index is 12.4. The summed E-state index contributed by atoms with van der Waals surface area (Å²) in [5, 5.41) is 13.8. The summed E-state index contributed by atoms with van der Waals surface area (Å²) in [6, 6.07) is 6.98. The van der Waals surface area contributed by atoms with Gasteiger partial charge < -0.3 is 19.7 Å². The van der Waals surface area contributed by atoms with Gasteiger partial charge in [0.2, 0.25) is 0 Å². The highest BCUT2D eigenvalue weighted by molar-refractivity contribution is 6.30. The summed E-state index contributed by atoms with van der Waals surface area (Å²) in [5.74, 6) is -0.0430. The summed E-state index contributed by atoms with van der Waals surface area (Å²) in [6.07, 6.45) is 1.89. The number of benzene rings is 1. The molecule has 0 spiro atoms. The fourth-order valence-electron chi connectivity index (χ4n) is 3.08. The number of nitrogens with zero attached hydrogens (tertiary/aromatic N) is 3. The van der Waals surface area contributed by atoms with Crippen LogP contribution in [0, 0.1) is 10.1 Å². The predicted molar refractivity (Wildman–Crippen MR) is 120 cm³/mol. The second-order valence-electron chi connectivity index (χ2n) is 8.54. The summed E-state index contributed by atoms with van der Waals surface area (Å²) >= 11 is 6.14. The number of non-ortho nitro benzene ring substituents is 1.